The number of hydrogen-bond donors (Lipinski definition) is 1. The van der Waals surface area contributed by atoms with E-state index in [1.165, 1.54) is 58.2 Å². The fourth-order valence-corrected chi connectivity index (χ4v) is 4.41. The minimum Gasteiger partial charge on any atom is -0.381 e. The third kappa shape index (κ3) is 4.43. The molecule has 0 amide bonds. The van der Waals surface area contributed by atoms with Crippen molar-refractivity contribution in [2.75, 3.05) is 32.8 Å². The first kappa shape index (κ1) is 15.8. The van der Waals surface area contributed by atoms with E-state index >= 15 is 0 Å². The quantitative estimate of drug-likeness (QED) is 0.863. The number of hydrogen-bond acceptors (Lipinski definition) is 3. The van der Waals surface area contributed by atoms with Crippen LogP contribution < -0.4 is 5.32 Å². The van der Waals surface area contributed by atoms with Crippen LogP contribution in [0.15, 0.2) is 0 Å². The van der Waals surface area contributed by atoms with Crippen molar-refractivity contribution < 1.29 is 4.74 Å². The van der Waals surface area contributed by atoms with Crippen LogP contribution in [0.4, 0.5) is 0 Å². The lowest BCUT2D eigenvalue weighted by molar-refractivity contribution is 0.137. The molecule has 0 aromatic heterocycles. The van der Waals surface area contributed by atoms with Gasteiger partial charge >= 0.3 is 0 Å². The number of piperidine rings is 1. The zero-order valence-electron chi connectivity index (χ0n) is 14.0. The zero-order valence-corrected chi connectivity index (χ0v) is 14.0. The second-order valence-electron chi connectivity index (χ2n) is 7.94. The van der Waals surface area contributed by atoms with Gasteiger partial charge in [0.1, 0.15) is 0 Å². The molecule has 3 nitrogen and oxygen atoms in total. The van der Waals surface area contributed by atoms with E-state index in [2.05, 4.69) is 24.1 Å². The van der Waals surface area contributed by atoms with E-state index in [0.29, 0.717) is 0 Å². The van der Waals surface area contributed by atoms with E-state index in [-0.39, 0.29) is 0 Å². The molecule has 3 heteroatoms. The molecule has 122 valence electrons. The van der Waals surface area contributed by atoms with Crippen molar-refractivity contribution in [2.24, 2.45) is 17.8 Å². The summed E-state index contributed by atoms with van der Waals surface area (Å²) in [5, 5.41) is 3.97. The third-order valence-electron chi connectivity index (χ3n) is 6.20. The molecule has 1 saturated carbocycles. The molecular formula is C18H34N2O. The van der Waals surface area contributed by atoms with Crippen LogP contribution in [0.5, 0.6) is 0 Å². The molecule has 3 fully saturated rings. The number of nitrogens with zero attached hydrogens (tertiary/aromatic N) is 1. The van der Waals surface area contributed by atoms with E-state index in [9.17, 15) is 0 Å². The summed E-state index contributed by atoms with van der Waals surface area (Å²) in [5.74, 6) is 2.63. The van der Waals surface area contributed by atoms with E-state index in [1.54, 1.807) is 0 Å². The van der Waals surface area contributed by atoms with Crippen molar-refractivity contribution >= 4 is 0 Å². The third-order valence-corrected chi connectivity index (χ3v) is 6.20. The van der Waals surface area contributed by atoms with Crippen LogP contribution in [0.2, 0.25) is 0 Å². The van der Waals surface area contributed by atoms with E-state index in [0.717, 1.165) is 43.1 Å². The van der Waals surface area contributed by atoms with Gasteiger partial charge in [-0.05, 0) is 69.4 Å². The molecule has 3 rings (SSSR count). The van der Waals surface area contributed by atoms with Gasteiger partial charge in [-0.15, -0.1) is 0 Å². The first-order valence-electron chi connectivity index (χ1n) is 9.27. The lowest BCUT2D eigenvalue weighted by atomic mass is 9.79. The summed E-state index contributed by atoms with van der Waals surface area (Å²) < 4.78 is 5.50. The summed E-state index contributed by atoms with van der Waals surface area (Å²) >= 11 is 0. The zero-order chi connectivity index (χ0) is 14.7. The topological polar surface area (TPSA) is 24.5 Å². The highest BCUT2D eigenvalue weighted by molar-refractivity contribution is 4.85. The highest BCUT2D eigenvalue weighted by Gasteiger charge is 2.28. The molecular weight excluding hydrogens is 260 g/mol. The van der Waals surface area contributed by atoms with E-state index in [1.807, 2.05) is 0 Å². The van der Waals surface area contributed by atoms with Crippen molar-refractivity contribution in [3.8, 4) is 0 Å². The highest BCUT2D eigenvalue weighted by Crippen LogP contribution is 2.30. The molecule has 1 N–H and O–H groups in total. The lowest BCUT2D eigenvalue weighted by Gasteiger charge is -2.38. The average molecular weight is 294 g/mol. The first-order valence-corrected chi connectivity index (χ1v) is 9.27. The smallest absolute Gasteiger partial charge is 0.0507 e. The number of likely N-dealkylation sites (tertiary alicyclic amines) is 1. The van der Waals surface area contributed by atoms with Gasteiger partial charge in [0, 0.05) is 25.2 Å². The van der Waals surface area contributed by atoms with Crippen LogP contribution in [-0.4, -0.2) is 49.8 Å². The summed E-state index contributed by atoms with van der Waals surface area (Å²) in [6, 6.07) is 1.56. The largest absolute Gasteiger partial charge is 0.381 e. The standard InChI is InChI=1S/C18H34N2O/c1-14-3-4-18(11-15(14)2)19-17-5-8-20(9-6-17)12-16-7-10-21-13-16/h14-19H,3-13H2,1-2H3. The predicted octanol–water partition coefficient (Wildman–Crippen LogP) is 2.90. The number of rotatable bonds is 4. The average Bonchev–Trinajstić information content (AvgIpc) is 2.98. The molecule has 0 aromatic carbocycles. The van der Waals surface area contributed by atoms with E-state index in [4.69, 9.17) is 4.74 Å². The fourth-order valence-electron chi connectivity index (χ4n) is 4.41. The molecule has 4 atom stereocenters. The molecule has 0 aromatic rings. The molecule has 21 heavy (non-hydrogen) atoms. The second kappa shape index (κ2) is 7.43. The first-order chi connectivity index (χ1) is 10.2. The summed E-state index contributed by atoms with van der Waals surface area (Å²) in [6.07, 6.45) is 8.16. The van der Waals surface area contributed by atoms with Crippen molar-refractivity contribution in [2.45, 2.75) is 64.5 Å². The van der Waals surface area contributed by atoms with Crippen LogP contribution in [0.25, 0.3) is 0 Å². The predicted molar refractivity (Wildman–Crippen MR) is 87.5 cm³/mol. The van der Waals surface area contributed by atoms with Crippen LogP contribution in [-0.2, 0) is 4.74 Å². The van der Waals surface area contributed by atoms with Crippen molar-refractivity contribution in [1.82, 2.24) is 10.2 Å². The monoisotopic (exact) mass is 294 g/mol. The van der Waals surface area contributed by atoms with Gasteiger partial charge in [0.25, 0.3) is 0 Å². The molecule has 2 heterocycles. The maximum atomic E-state index is 5.50. The minimum atomic E-state index is 0.770. The van der Waals surface area contributed by atoms with Gasteiger partial charge < -0.3 is 15.0 Å². The maximum Gasteiger partial charge on any atom is 0.0507 e. The molecule has 1 aliphatic carbocycles. The van der Waals surface area contributed by atoms with Gasteiger partial charge in [-0.2, -0.15) is 0 Å². The number of ether oxygens (including phenoxy) is 1. The Bertz CT molecular complexity index is 308. The Hall–Kier alpha value is -0.120. The molecule has 0 radical (unpaired) electrons. The summed E-state index contributed by atoms with van der Waals surface area (Å²) in [7, 11) is 0. The van der Waals surface area contributed by atoms with Crippen LogP contribution in [0, 0.1) is 17.8 Å². The Kier molecular flexibility index (Phi) is 5.58. The van der Waals surface area contributed by atoms with Crippen LogP contribution in [0.3, 0.4) is 0 Å². The van der Waals surface area contributed by atoms with Crippen molar-refractivity contribution in [3.63, 3.8) is 0 Å². The normalized spacial score (nSPS) is 39.7. The lowest BCUT2D eigenvalue weighted by Crippen LogP contribution is -2.48. The summed E-state index contributed by atoms with van der Waals surface area (Å²) in [5.41, 5.74) is 0. The molecule has 0 bridgehead atoms. The van der Waals surface area contributed by atoms with Gasteiger partial charge in [-0.3, -0.25) is 0 Å². The van der Waals surface area contributed by atoms with Gasteiger partial charge in [-0.1, -0.05) is 13.8 Å². The van der Waals surface area contributed by atoms with E-state index < -0.39 is 0 Å². The Morgan fingerprint density at radius 2 is 1.76 bits per heavy atom. The minimum absolute atomic E-state index is 0.770. The molecule has 2 aliphatic heterocycles. The van der Waals surface area contributed by atoms with Crippen LogP contribution >= 0.6 is 0 Å². The highest BCUT2D eigenvalue weighted by atomic mass is 16.5. The SMILES string of the molecule is CC1CCC(NC2CCN(CC3CCOC3)CC2)CC1C. The second-order valence-corrected chi connectivity index (χ2v) is 7.94. The van der Waals surface area contributed by atoms with Gasteiger partial charge in [-0.25, -0.2) is 0 Å². The Labute approximate surface area is 130 Å². The number of nitrogens with one attached hydrogen (secondary N) is 1. The van der Waals surface area contributed by atoms with Gasteiger partial charge in [0.15, 0.2) is 0 Å². The molecule has 3 aliphatic rings. The molecule has 2 saturated heterocycles. The van der Waals surface area contributed by atoms with Crippen molar-refractivity contribution in [3.05, 3.63) is 0 Å². The van der Waals surface area contributed by atoms with Gasteiger partial charge in [0.05, 0.1) is 6.61 Å². The Balaban J connectivity index is 1.35. The Morgan fingerprint density at radius 3 is 2.43 bits per heavy atom. The van der Waals surface area contributed by atoms with Gasteiger partial charge in [0.2, 0.25) is 0 Å². The molecule has 4 unspecified atom stereocenters. The summed E-state index contributed by atoms with van der Waals surface area (Å²) in [4.78, 5) is 2.67. The Morgan fingerprint density at radius 1 is 0.952 bits per heavy atom. The fraction of sp³-hybridized carbons (Fsp3) is 1.00. The summed E-state index contributed by atoms with van der Waals surface area (Å²) in [6.45, 7) is 10.7. The maximum absolute atomic E-state index is 5.50. The van der Waals surface area contributed by atoms with Crippen LogP contribution in [0.1, 0.15) is 52.4 Å². The molecule has 0 spiro atoms. The van der Waals surface area contributed by atoms with Crippen molar-refractivity contribution in [1.29, 1.82) is 0 Å².